The van der Waals surface area contributed by atoms with Crippen molar-refractivity contribution < 1.29 is 18.3 Å². The van der Waals surface area contributed by atoms with Gasteiger partial charge in [0.15, 0.2) is 0 Å². The van der Waals surface area contributed by atoms with Crippen molar-refractivity contribution in [3.8, 4) is 6.07 Å². The number of anilines is 1. The number of halogens is 3. The van der Waals surface area contributed by atoms with Gasteiger partial charge in [0.2, 0.25) is 0 Å². The van der Waals surface area contributed by atoms with Crippen molar-refractivity contribution >= 4 is 17.4 Å². The second-order valence-corrected chi connectivity index (χ2v) is 7.27. The summed E-state index contributed by atoms with van der Waals surface area (Å²) in [5, 5.41) is 22.7. The van der Waals surface area contributed by atoms with Crippen LogP contribution in [0.25, 0.3) is 0 Å². The average Bonchev–Trinajstić information content (AvgIpc) is 2.80. The largest absolute Gasteiger partial charge is 0.417 e. The van der Waals surface area contributed by atoms with E-state index in [1.54, 1.807) is 24.8 Å². The number of nitriles is 1. The molecule has 2 N–H and O–H groups in total. The molecular formula is C16H19F3N2OS. The fourth-order valence-corrected chi connectivity index (χ4v) is 3.81. The lowest BCUT2D eigenvalue weighted by molar-refractivity contribution is -0.137. The number of benzene rings is 1. The molecule has 3 nitrogen and oxygen atoms in total. The van der Waals surface area contributed by atoms with Crippen molar-refractivity contribution in [3.63, 3.8) is 0 Å². The van der Waals surface area contributed by atoms with Crippen LogP contribution in [0, 0.1) is 11.3 Å². The number of fused-ring (bicyclic) bond motifs is 1. The fraction of sp³-hybridized carbons (Fsp3) is 0.562. The number of nitrogens with zero attached hydrogens (tertiary/aromatic N) is 1. The van der Waals surface area contributed by atoms with E-state index in [1.165, 1.54) is 6.07 Å². The Morgan fingerprint density at radius 2 is 2.04 bits per heavy atom. The Morgan fingerprint density at radius 3 is 2.57 bits per heavy atom. The molecule has 0 fully saturated rings. The average molecular weight is 344 g/mol. The normalized spacial score (nSPS) is 22.9. The first-order chi connectivity index (χ1) is 10.6. The number of alkyl halides is 3. The third-order valence-corrected chi connectivity index (χ3v) is 5.38. The lowest BCUT2D eigenvalue weighted by Crippen LogP contribution is -2.47. The van der Waals surface area contributed by atoms with Gasteiger partial charge in [0.05, 0.1) is 28.8 Å². The first-order valence-corrected chi connectivity index (χ1v) is 8.49. The van der Waals surface area contributed by atoms with Gasteiger partial charge < -0.3 is 10.4 Å². The van der Waals surface area contributed by atoms with Gasteiger partial charge in [-0.05, 0) is 30.4 Å². The Morgan fingerprint density at radius 1 is 1.39 bits per heavy atom. The van der Waals surface area contributed by atoms with E-state index in [0.29, 0.717) is 17.0 Å². The molecule has 1 aliphatic rings. The van der Waals surface area contributed by atoms with Gasteiger partial charge in [-0.15, -0.1) is 0 Å². The van der Waals surface area contributed by atoms with Gasteiger partial charge in [-0.2, -0.15) is 30.2 Å². The summed E-state index contributed by atoms with van der Waals surface area (Å²) in [7, 11) is 0. The van der Waals surface area contributed by atoms with Gasteiger partial charge in [0, 0.05) is 17.4 Å². The highest BCUT2D eigenvalue weighted by Crippen LogP contribution is 2.44. The van der Waals surface area contributed by atoms with Crippen LogP contribution >= 0.6 is 11.8 Å². The third kappa shape index (κ3) is 3.43. The monoisotopic (exact) mass is 344 g/mol. The van der Waals surface area contributed by atoms with Crippen LogP contribution in [0.5, 0.6) is 0 Å². The Kier molecular flexibility index (Phi) is 4.88. The highest BCUT2D eigenvalue weighted by Gasteiger charge is 2.43. The first-order valence-electron chi connectivity index (χ1n) is 7.33. The second kappa shape index (κ2) is 6.25. The summed E-state index contributed by atoms with van der Waals surface area (Å²) < 4.78 is 39.2. The highest BCUT2D eigenvalue weighted by molar-refractivity contribution is 7.99. The maximum absolute atomic E-state index is 13.1. The number of thioether (sulfide) groups is 1. The summed E-state index contributed by atoms with van der Waals surface area (Å²) in [6, 6.07) is 3.50. The van der Waals surface area contributed by atoms with Crippen molar-refractivity contribution in [2.45, 2.75) is 44.5 Å². The summed E-state index contributed by atoms with van der Waals surface area (Å²) in [6.45, 7) is 5.52. The van der Waals surface area contributed by atoms with Crippen molar-refractivity contribution in [2.75, 3.05) is 16.8 Å². The lowest BCUT2D eigenvalue weighted by atomic mass is 9.86. The summed E-state index contributed by atoms with van der Waals surface area (Å²) >= 11 is 1.58. The quantitative estimate of drug-likeness (QED) is 0.867. The van der Waals surface area contributed by atoms with Crippen LogP contribution in [-0.2, 0) is 6.18 Å². The zero-order valence-corrected chi connectivity index (χ0v) is 14.0. The molecule has 0 spiro atoms. The van der Waals surface area contributed by atoms with Gasteiger partial charge in [-0.3, -0.25) is 0 Å². The molecule has 0 saturated carbocycles. The van der Waals surface area contributed by atoms with E-state index in [1.807, 2.05) is 13.8 Å². The summed E-state index contributed by atoms with van der Waals surface area (Å²) in [5.74, 6) is 1.14. The number of hydrogen-bond acceptors (Lipinski definition) is 4. The van der Waals surface area contributed by atoms with E-state index in [2.05, 4.69) is 5.32 Å². The number of aliphatic hydroxyl groups is 1. The molecule has 1 heterocycles. The Hall–Kier alpha value is -1.39. The maximum atomic E-state index is 13.1. The molecule has 3 unspecified atom stereocenters. The van der Waals surface area contributed by atoms with Gasteiger partial charge in [-0.1, -0.05) is 13.8 Å². The van der Waals surface area contributed by atoms with Crippen molar-refractivity contribution in [1.29, 1.82) is 5.26 Å². The summed E-state index contributed by atoms with van der Waals surface area (Å²) in [5.41, 5.74) is -1.41. The van der Waals surface area contributed by atoms with Crippen molar-refractivity contribution in [3.05, 3.63) is 28.8 Å². The van der Waals surface area contributed by atoms with Crippen LogP contribution in [0.15, 0.2) is 12.1 Å². The minimum Gasteiger partial charge on any atom is -0.387 e. The number of hydrogen-bond donors (Lipinski definition) is 2. The van der Waals surface area contributed by atoms with Crippen LogP contribution in [0.2, 0.25) is 0 Å². The van der Waals surface area contributed by atoms with Crippen LogP contribution in [-0.4, -0.2) is 28.3 Å². The fourth-order valence-electron chi connectivity index (χ4n) is 3.01. The summed E-state index contributed by atoms with van der Waals surface area (Å²) in [6.07, 6.45) is -4.58. The van der Waals surface area contributed by atoms with E-state index in [4.69, 9.17) is 5.26 Å². The Bertz CT molecular complexity index is 637. The number of nitrogens with one attached hydrogen (secondary N) is 1. The van der Waals surface area contributed by atoms with Gasteiger partial charge in [0.25, 0.3) is 0 Å². The van der Waals surface area contributed by atoms with Crippen LogP contribution in [0.4, 0.5) is 18.9 Å². The molecular weight excluding hydrogens is 325 g/mol. The molecule has 7 heteroatoms. The van der Waals surface area contributed by atoms with Crippen LogP contribution < -0.4 is 5.32 Å². The molecule has 0 saturated heterocycles. The molecule has 0 bridgehead atoms. The maximum Gasteiger partial charge on any atom is 0.417 e. The molecule has 1 aromatic rings. The van der Waals surface area contributed by atoms with E-state index in [9.17, 15) is 18.3 Å². The zero-order chi connectivity index (χ0) is 17.4. The molecule has 1 aromatic carbocycles. The van der Waals surface area contributed by atoms with E-state index < -0.39 is 23.4 Å². The SMILES string of the molecule is CCSCC(C)(O)C1Nc2cc(C(F)(F)F)c(C#N)cc2C1C. The van der Waals surface area contributed by atoms with Crippen LogP contribution in [0.1, 0.15) is 43.4 Å². The topological polar surface area (TPSA) is 56.0 Å². The predicted octanol–water partition coefficient (Wildman–Crippen LogP) is 3.98. The molecule has 126 valence electrons. The van der Waals surface area contributed by atoms with E-state index >= 15 is 0 Å². The minimum absolute atomic E-state index is 0.188. The molecule has 23 heavy (non-hydrogen) atoms. The van der Waals surface area contributed by atoms with Crippen molar-refractivity contribution in [1.82, 2.24) is 0 Å². The van der Waals surface area contributed by atoms with E-state index in [0.717, 1.165) is 11.8 Å². The number of rotatable bonds is 4. The smallest absolute Gasteiger partial charge is 0.387 e. The summed E-state index contributed by atoms with van der Waals surface area (Å²) in [4.78, 5) is 0. The lowest BCUT2D eigenvalue weighted by Gasteiger charge is -2.33. The van der Waals surface area contributed by atoms with Crippen LogP contribution in [0.3, 0.4) is 0 Å². The van der Waals surface area contributed by atoms with Gasteiger partial charge >= 0.3 is 6.18 Å². The molecule has 0 aromatic heterocycles. The highest BCUT2D eigenvalue weighted by atomic mass is 32.2. The minimum atomic E-state index is -4.58. The molecule has 3 atom stereocenters. The zero-order valence-electron chi connectivity index (χ0n) is 13.2. The van der Waals surface area contributed by atoms with Gasteiger partial charge in [0.1, 0.15) is 0 Å². The van der Waals surface area contributed by atoms with E-state index in [-0.39, 0.29) is 11.5 Å². The molecule has 0 aliphatic carbocycles. The molecule has 1 aliphatic heterocycles. The molecule has 0 radical (unpaired) electrons. The van der Waals surface area contributed by atoms with Gasteiger partial charge in [-0.25, -0.2) is 0 Å². The predicted molar refractivity (Wildman–Crippen MR) is 85.6 cm³/mol. The standard InChI is InChI=1S/C16H19F3N2OS/c1-4-23-8-15(3,22)14-9(2)11-5-10(7-20)12(16(17,18)19)6-13(11)21-14/h5-6,9,14,21-22H,4,8H2,1-3H3. The second-order valence-electron chi connectivity index (χ2n) is 6.00. The first kappa shape index (κ1) is 18.0. The Balaban J connectivity index is 2.40. The Labute approximate surface area is 137 Å². The third-order valence-electron chi connectivity index (χ3n) is 4.19. The molecule has 2 rings (SSSR count). The molecule has 0 amide bonds. The van der Waals surface area contributed by atoms with Crippen molar-refractivity contribution in [2.24, 2.45) is 0 Å².